The number of hydrogen-bond acceptors (Lipinski definition) is 6. The molecule has 0 aliphatic carbocycles. The Kier molecular flexibility index (Phi) is 6.71. The molecule has 1 unspecified atom stereocenters. The van der Waals surface area contributed by atoms with Gasteiger partial charge in [0, 0.05) is 28.6 Å². The van der Waals surface area contributed by atoms with Crippen LogP contribution in [0, 0.1) is 0 Å². The van der Waals surface area contributed by atoms with E-state index in [9.17, 15) is 4.79 Å². The van der Waals surface area contributed by atoms with Gasteiger partial charge >= 0.3 is 0 Å². The smallest absolute Gasteiger partial charge is 0.167 e. The lowest BCUT2D eigenvalue weighted by Crippen LogP contribution is -2.15. The summed E-state index contributed by atoms with van der Waals surface area (Å²) >= 11 is 0. The van der Waals surface area contributed by atoms with Crippen molar-refractivity contribution in [2.75, 3.05) is 27.9 Å². The van der Waals surface area contributed by atoms with Crippen molar-refractivity contribution in [1.29, 1.82) is 0 Å². The molecule has 1 atom stereocenters. The van der Waals surface area contributed by atoms with Gasteiger partial charge in [0.2, 0.25) is 0 Å². The molecule has 1 aromatic carbocycles. The van der Waals surface area contributed by atoms with E-state index >= 15 is 0 Å². The highest BCUT2D eigenvalue weighted by molar-refractivity contribution is 7.09. The third kappa shape index (κ3) is 4.63. The van der Waals surface area contributed by atoms with Crippen LogP contribution >= 0.6 is 9.47 Å². The Morgan fingerprint density at radius 2 is 1.80 bits per heavy atom. The van der Waals surface area contributed by atoms with Crippen LogP contribution in [-0.4, -0.2) is 38.7 Å². The Morgan fingerprint density at radius 3 is 2.20 bits per heavy atom. The molecule has 0 saturated carbocycles. The van der Waals surface area contributed by atoms with Crippen LogP contribution in [0.15, 0.2) is 12.1 Å². The van der Waals surface area contributed by atoms with E-state index in [2.05, 4.69) is 9.47 Å². The van der Waals surface area contributed by atoms with E-state index in [0.717, 1.165) is 5.56 Å². The minimum absolute atomic E-state index is 0.0142. The number of hydroxylamine groups is 2. The molecule has 0 aliphatic heterocycles. The molecule has 0 amide bonds. The molecule has 20 heavy (non-hydrogen) atoms. The molecule has 1 aromatic rings. The van der Waals surface area contributed by atoms with Crippen LogP contribution in [0.2, 0.25) is 0 Å². The molecule has 0 heterocycles. The molecular formula is C13H20NO5P. The van der Waals surface area contributed by atoms with E-state index < -0.39 is 0 Å². The van der Waals surface area contributed by atoms with E-state index in [4.69, 9.17) is 18.8 Å². The monoisotopic (exact) mass is 301 g/mol. The molecule has 1 rings (SSSR count). The van der Waals surface area contributed by atoms with Gasteiger partial charge in [-0.15, -0.1) is 0 Å². The molecule has 0 saturated heterocycles. The Morgan fingerprint density at radius 1 is 1.25 bits per heavy atom. The molecule has 0 fully saturated rings. The molecule has 0 aliphatic rings. The molecule has 112 valence electrons. The first-order valence-corrected chi connectivity index (χ1v) is 6.44. The van der Waals surface area contributed by atoms with Crippen molar-refractivity contribution >= 4 is 15.2 Å². The minimum Gasteiger partial charge on any atom is -0.496 e. The average molecular weight is 301 g/mol. The first-order chi connectivity index (χ1) is 9.51. The van der Waals surface area contributed by atoms with Crippen LogP contribution in [0.1, 0.15) is 12.5 Å². The zero-order chi connectivity index (χ0) is 15.1. The Labute approximate surface area is 121 Å². The van der Waals surface area contributed by atoms with Crippen LogP contribution in [0.5, 0.6) is 17.2 Å². The highest BCUT2D eigenvalue weighted by Gasteiger charge is 2.15. The number of hydrogen-bond donors (Lipinski definition) is 0. The van der Waals surface area contributed by atoms with E-state index in [1.165, 1.54) is 6.92 Å². The maximum atomic E-state index is 11.0. The largest absolute Gasteiger partial charge is 0.496 e. The number of rotatable bonds is 8. The number of carbonyl (C=O) groups is 1. The Balaban J connectivity index is 3.07. The summed E-state index contributed by atoms with van der Waals surface area (Å²) in [5.41, 5.74) is 0.829. The fourth-order valence-corrected chi connectivity index (χ4v) is 1.72. The van der Waals surface area contributed by atoms with Crippen LogP contribution in [0.3, 0.4) is 0 Å². The predicted molar refractivity (Wildman–Crippen MR) is 78.0 cm³/mol. The van der Waals surface area contributed by atoms with Crippen molar-refractivity contribution in [1.82, 2.24) is 5.06 Å². The lowest BCUT2D eigenvalue weighted by atomic mass is 10.1. The third-order valence-electron chi connectivity index (χ3n) is 2.58. The van der Waals surface area contributed by atoms with Gasteiger partial charge in [0.25, 0.3) is 0 Å². The minimum atomic E-state index is -0.0526. The van der Waals surface area contributed by atoms with Crippen molar-refractivity contribution in [2.45, 2.75) is 13.5 Å². The molecule has 6 nitrogen and oxygen atoms in total. The van der Waals surface area contributed by atoms with Gasteiger partial charge in [-0.05, 0) is 6.92 Å². The standard InChI is InChI=1S/C13H20NO5P/c1-9(15)8-18-10-5-12(16-3)11(7-14(2)19-20)13(6-10)17-4/h5-6H,7-8,20H2,1-4H3. The summed E-state index contributed by atoms with van der Waals surface area (Å²) < 4.78 is 21.1. The number of ketones is 1. The van der Waals surface area contributed by atoms with Gasteiger partial charge in [-0.1, -0.05) is 0 Å². The second-order valence-corrected chi connectivity index (χ2v) is 4.40. The van der Waals surface area contributed by atoms with E-state index in [1.807, 2.05) is 0 Å². The summed E-state index contributed by atoms with van der Waals surface area (Å²) in [5.74, 6) is 1.68. The topological polar surface area (TPSA) is 57.2 Å². The molecule has 7 heteroatoms. The zero-order valence-corrected chi connectivity index (χ0v) is 13.3. The van der Waals surface area contributed by atoms with Gasteiger partial charge in [-0.2, -0.15) is 5.06 Å². The predicted octanol–water partition coefficient (Wildman–Crippen LogP) is 1.83. The van der Waals surface area contributed by atoms with Gasteiger partial charge in [0.05, 0.1) is 26.3 Å². The quantitative estimate of drug-likeness (QED) is 0.539. The van der Waals surface area contributed by atoms with E-state index in [-0.39, 0.29) is 12.4 Å². The Hall–Kier alpha value is -1.36. The maximum Gasteiger partial charge on any atom is 0.167 e. The van der Waals surface area contributed by atoms with Crippen LogP contribution in [-0.2, 0) is 16.0 Å². The average Bonchev–Trinajstić information content (AvgIpc) is 2.45. The van der Waals surface area contributed by atoms with Crippen molar-refractivity contribution in [2.24, 2.45) is 0 Å². The SMILES string of the molecule is COc1cc(OCC(C)=O)cc(OC)c1CN(C)OP. The number of methoxy groups -OCH3 is 2. The molecule has 0 N–H and O–H groups in total. The summed E-state index contributed by atoms with van der Waals surface area (Å²) in [4.78, 5) is 11.0. The second kappa shape index (κ2) is 8.04. The summed E-state index contributed by atoms with van der Waals surface area (Å²) in [7, 11) is 7.08. The van der Waals surface area contributed by atoms with E-state index in [0.29, 0.717) is 23.8 Å². The van der Waals surface area contributed by atoms with Crippen molar-refractivity contribution in [3.63, 3.8) is 0 Å². The molecular weight excluding hydrogens is 281 g/mol. The van der Waals surface area contributed by atoms with Gasteiger partial charge in [-0.3, -0.25) is 9.42 Å². The zero-order valence-electron chi connectivity index (χ0n) is 12.1. The van der Waals surface area contributed by atoms with Gasteiger partial charge < -0.3 is 14.2 Å². The fraction of sp³-hybridized carbons (Fsp3) is 0.462. The highest BCUT2D eigenvalue weighted by atomic mass is 31.0. The van der Waals surface area contributed by atoms with Crippen LogP contribution in [0.25, 0.3) is 0 Å². The fourth-order valence-electron chi connectivity index (χ4n) is 1.64. The van der Waals surface area contributed by atoms with Crippen LogP contribution < -0.4 is 14.2 Å². The van der Waals surface area contributed by atoms with Crippen molar-refractivity contribution in [3.05, 3.63) is 17.7 Å². The first kappa shape index (κ1) is 16.7. The summed E-state index contributed by atoms with van der Waals surface area (Å²) in [5, 5.41) is 1.61. The lowest BCUT2D eigenvalue weighted by Gasteiger charge is -2.19. The van der Waals surface area contributed by atoms with Gasteiger partial charge in [0.1, 0.15) is 23.9 Å². The second-order valence-electron chi connectivity index (χ2n) is 4.19. The van der Waals surface area contributed by atoms with Crippen LogP contribution in [0.4, 0.5) is 0 Å². The number of Topliss-reactive ketones (excluding diaryl/α,β-unsaturated/α-hetero) is 1. The number of benzene rings is 1. The normalized spacial score (nSPS) is 10.5. The number of ether oxygens (including phenoxy) is 3. The van der Waals surface area contributed by atoms with Gasteiger partial charge in [0.15, 0.2) is 5.78 Å². The number of carbonyl (C=O) groups excluding carboxylic acids is 1. The summed E-state index contributed by atoms with van der Waals surface area (Å²) in [6, 6.07) is 3.44. The molecule has 0 aromatic heterocycles. The Bertz CT molecular complexity index is 441. The number of nitrogens with zero attached hydrogens (tertiary/aromatic N) is 1. The molecule has 0 spiro atoms. The maximum absolute atomic E-state index is 11.0. The molecule has 0 bridgehead atoms. The van der Waals surface area contributed by atoms with Crippen molar-refractivity contribution in [3.8, 4) is 17.2 Å². The highest BCUT2D eigenvalue weighted by Crippen LogP contribution is 2.35. The molecule has 0 radical (unpaired) electrons. The van der Waals surface area contributed by atoms with Crippen molar-refractivity contribution < 1.29 is 23.6 Å². The first-order valence-electron chi connectivity index (χ1n) is 5.97. The summed E-state index contributed by atoms with van der Waals surface area (Å²) in [6.07, 6.45) is 0. The third-order valence-corrected chi connectivity index (χ3v) is 2.94. The lowest BCUT2D eigenvalue weighted by molar-refractivity contribution is -0.118. The van der Waals surface area contributed by atoms with E-state index in [1.54, 1.807) is 38.5 Å². The summed E-state index contributed by atoms with van der Waals surface area (Å²) in [6.45, 7) is 1.96. The van der Waals surface area contributed by atoms with Gasteiger partial charge in [-0.25, -0.2) is 0 Å².